The van der Waals surface area contributed by atoms with E-state index in [2.05, 4.69) is 46.9 Å². The minimum atomic E-state index is -0.140. The molecule has 2 aromatic carbocycles. The van der Waals surface area contributed by atoms with Crippen LogP contribution >= 0.6 is 0 Å². The third-order valence-corrected chi connectivity index (χ3v) is 5.26. The molecule has 1 amide bonds. The maximum Gasteiger partial charge on any atom is 0.244 e. The summed E-state index contributed by atoms with van der Waals surface area (Å²) in [4.78, 5) is 17.1. The number of methoxy groups -OCH3 is 1. The second-order valence-electron chi connectivity index (χ2n) is 7.48. The number of benzene rings is 2. The zero-order chi connectivity index (χ0) is 22.1. The molecule has 0 aromatic heterocycles. The maximum atomic E-state index is 12.4. The number of carbonyl (C=O) groups is 1. The highest BCUT2D eigenvalue weighted by Crippen LogP contribution is 2.28. The first-order valence-corrected chi connectivity index (χ1v) is 10.5. The number of anilines is 1. The van der Waals surface area contributed by atoms with Crippen LogP contribution in [-0.4, -0.2) is 57.8 Å². The van der Waals surface area contributed by atoms with Crippen molar-refractivity contribution in [2.45, 2.75) is 6.54 Å². The lowest BCUT2D eigenvalue weighted by molar-refractivity contribution is -0.116. The molecule has 0 atom stereocenters. The number of hydrogen-bond acceptors (Lipinski definition) is 5. The van der Waals surface area contributed by atoms with Crippen molar-refractivity contribution in [2.75, 3.05) is 51.8 Å². The molecule has 1 saturated heterocycles. The molecule has 0 bridgehead atoms. The number of hydrogen-bond donors (Lipinski definition) is 1. The van der Waals surface area contributed by atoms with Gasteiger partial charge in [-0.05, 0) is 42.4 Å². The molecular formula is C25H31N3O3. The monoisotopic (exact) mass is 421 g/mol. The number of piperazine rings is 1. The van der Waals surface area contributed by atoms with Crippen molar-refractivity contribution in [1.82, 2.24) is 10.2 Å². The molecule has 0 unspecified atom stereocenters. The second kappa shape index (κ2) is 11.2. The number of carbonyl (C=O) groups excluding carboxylic acids is 1. The third kappa shape index (κ3) is 6.36. The lowest BCUT2D eigenvalue weighted by Crippen LogP contribution is -2.45. The number of amides is 1. The molecule has 3 rings (SSSR count). The molecule has 0 aliphatic carbocycles. The molecule has 0 radical (unpaired) electrons. The maximum absolute atomic E-state index is 12.4. The van der Waals surface area contributed by atoms with E-state index in [-0.39, 0.29) is 5.91 Å². The van der Waals surface area contributed by atoms with E-state index >= 15 is 0 Å². The first kappa shape index (κ1) is 22.4. The van der Waals surface area contributed by atoms with Crippen molar-refractivity contribution in [2.24, 2.45) is 0 Å². The fourth-order valence-corrected chi connectivity index (χ4v) is 3.49. The lowest BCUT2D eigenvalue weighted by Gasteiger charge is -2.35. The first-order valence-electron chi connectivity index (χ1n) is 10.5. The number of nitrogens with one attached hydrogen (secondary N) is 1. The van der Waals surface area contributed by atoms with Gasteiger partial charge in [0.2, 0.25) is 5.91 Å². The molecule has 6 heteroatoms. The van der Waals surface area contributed by atoms with Gasteiger partial charge in [-0.25, -0.2) is 0 Å². The first-order chi connectivity index (χ1) is 15.1. The van der Waals surface area contributed by atoms with Crippen LogP contribution in [0, 0.1) is 0 Å². The Morgan fingerprint density at radius 2 is 1.90 bits per heavy atom. The summed E-state index contributed by atoms with van der Waals surface area (Å²) in [5.74, 6) is 1.12. The zero-order valence-electron chi connectivity index (χ0n) is 18.3. The highest BCUT2D eigenvalue weighted by Gasteiger charge is 2.16. The van der Waals surface area contributed by atoms with Crippen molar-refractivity contribution in [3.63, 3.8) is 0 Å². The second-order valence-corrected chi connectivity index (χ2v) is 7.48. The lowest BCUT2D eigenvalue weighted by atomic mass is 10.1. The molecule has 1 aliphatic heterocycles. The van der Waals surface area contributed by atoms with Crippen LogP contribution in [0.25, 0.3) is 6.08 Å². The van der Waals surface area contributed by atoms with Gasteiger partial charge in [0.05, 0.1) is 7.11 Å². The van der Waals surface area contributed by atoms with Gasteiger partial charge in [0, 0.05) is 44.5 Å². The summed E-state index contributed by atoms with van der Waals surface area (Å²) in [6, 6.07) is 13.8. The van der Waals surface area contributed by atoms with E-state index in [1.165, 1.54) is 11.8 Å². The van der Waals surface area contributed by atoms with Crippen LogP contribution in [0.15, 0.2) is 61.2 Å². The van der Waals surface area contributed by atoms with E-state index in [1.807, 2.05) is 24.3 Å². The topological polar surface area (TPSA) is 54.0 Å². The predicted octanol–water partition coefficient (Wildman–Crippen LogP) is 3.34. The average molecular weight is 422 g/mol. The Labute approximate surface area is 184 Å². The Balaban J connectivity index is 1.59. The van der Waals surface area contributed by atoms with Gasteiger partial charge in [-0.15, -0.1) is 0 Å². The molecule has 1 heterocycles. The minimum absolute atomic E-state index is 0.140. The van der Waals surface area contributed by atoms with Crippen LogP contribution in [0.4, 0.5) is 5.69 Å². The predicted molar refractivity (Wildman–Crippen MR) is 126 cm³/mol. The smallest absolute Gasteiger partial charge is 0.244 e. The molecule has 1 fully saturated rings. The molecule has 1 aliphatic rings. The van der Waals surface area contributed by atoms with Gasteiger partial charge in [0.25, 0.3) is 0 Å². The Hall–Kier alpha value is -3.25. The van der Waals surface area contributed by atoms with Crippen molar-refractivity contribution in [1.29, 1.82) is 0 Å². The van der Waals surface area contributed by atoms with Gasteiger partial charge in [-0.2, -0.15) is 0 Å². The summed E-state index contributed by atoms with van der Waals surface area (Å²) in [5, 5.41) is 3.00. The molecule has 1 N–H and O–H groups in total. The van der Waals surface area contributed by atoms with Gasteiger partial charge in [-0.3, -0.25) is 4.79 Å². The van der Waals surface area contributed by atoms with Crippen LogP contribution in [0.5, 0.6) is 11.5 Å². The Bertz CT molecular complexity index is 918. The minimum Gasteiger partial charge on any atom is -0.493 e. The van der Waals surface area contributed by atoms with Crippen LogP contribution in [0.2, 0.25) is 0 Å². The van der Waals surface area contributed by atoms with E-state index in [9.17, 15) is 4.79 Å². The van der Waals surface area contributed by atoms with Gasteiger partial charge < -0.3 is 24.6 Å². The number of nitrogens with zero attached hydrogens (tertiary/aromatic N) is 2. The highest BCUT2D eigenvalue weighted by atomic mass is 16.5. The van der Waals surface area contributed by atoms with Gasteiger partial charge in [-0.1, -0.05) is 36.9 Å². The Kier molecular flexibility index (Phi) is 8.12. The molecule has 0 saturated carbocycles. The van der Waals surface area contributed by atoms with Gasteiger partial charge in [0.1, 0.15) is 6.61 Å². The van der Waals surface area contributed by atoms with Gasteiger partial charge in [0.15, 0.2) is 11.5 Å². The summed E-state index contributed by atoms with van der Waals surface area (Å²) < 4.78 is 10.9. The molecule has 31 heavy (non-hydrogen) atoms. The summed E-state index contributed by atoms with van der Waals surface area (Å²) in [6.07, 6.45) is 4.98. The van der Waals surface area contributed by atoms with E-state index in [0.717, 1.165) is 37.3 Å². The summed E-state index contributed by atoms with van der Waals surface area (Å²) in [5.41, 5.74) is 3.18. The van der Waals surface area contributed by atoms with Crippen molar-refractivity contribution in [3.8, 4) is 11.5 Å². The van der Waals surface area contributed by atoms with Crippen molar-refractivity contribution >= 4 is 17.7 Å². The van der Waals surface area contributed by atoms with Gasteiger partial charge >= 0.3 is 0 Å². The van der Waals surface area contributed by atoms with Crippen LogP contribution in [-0.2, 0) is 11.3 Å². The fourth-order valence-electron chi connectivity index (χ4n) is 3.49. The molecule has 6 nitrogen and oxygen atoms in total. The van der Waals surface area contributed by atoms with Crippen LogP contribution in [0.3, 0.4) is 0 Å². The molecular weight excluding hydrogens is 390 g/mol. The van der Waals surface area contributed by atoms with Crippen LogP contribution < -0.4 is 19.7 Å². The normalized spacial score (nSPS) is 14.5. The fraction of sp³-hybridized carbons (Fsp3) is 0.320. The Morgan fingerprint density at radius 1 is 1.13 bits per heavy atom. The summed E-state index contributed by atoms with van der Waals surface area (Å²) in [6.45, 7) is 8.62. The number of likely N-dealkylation sites (N-methyl/N-ethyl adjacent to an activating group) is 1. The molecule has 164 valence electrons. The summed E-state index contributed by atoms with van der Waals surface area (Å²) in [7, 11) is 3.74. The van der Waals surface area contributed by atoms with Crippen molar-refractivity contribution < 1.29 is 14.3 Å². The van der Waals surface area contributed by atoms with Crippen molar-refractivity contribution in [3.05, 3.63) is 72.3 Å². The van der Waals surface area contributed by atoms with E-state index in [4.69, 9.17) is 9.47 Å². The molecule has 0 spiro atoms. The van der Waals surface area contributed by atoms with E-state index in [1.54, 1.807) is 19.3 Å². The van der Waals surface area contributed by atoms with Crippen LogP contribution in [0.1, 0.15) is 11.1 Å². The Morgan fingerprint density at radius 3 is 2.65 bits per heavy atom. The molecule has 2 aromatic rings. The average Bonchev–Trinajstić information content (AvgIpc) is 2.81. The standard InChI is InChI=1S/C25H31N3O3/c1-4-17-31-23-11-9-20(18-24(23)30-3)10-12-25(29)26-19-21-7-5-6-8-22(21)28-15-13-27(2)14-16-28/h4-12,18H,1,13-17,19H2,2-3H3,(H,26,29)/b12-10+. The van der Waals surface area contributed by atoms with E-state index in [0.29, 0.717) is 24.7 Å². The largest absolute Gasteiger partial charge is 0.493 e. The quantitative estimate of drug-likeness (QED) is 0.497. The SMILES string of the molecule is C=CCOc1ccc(/C=C/C(=O)NCc2ccccc2N2CCN(C)CC2)cc1OC. The van der Waals surface area contributed by atoms with E-state index < -0.39 is 0 Å². The number of ether oxygens (including phenoxy) is 2. The zero-order valence-corrected chi connectivity index (χ0v) is 18.3. The summed E-state index contributed by atoms with van der Waals surface area (Å²) >= 11 is 0. The highest BCUT2D eigenvalue weighted by molar-refractivity contribution is 5.91. The third-order valence-electron chi connectivity index (χ3n) is 5.26. The number of para-hydroxylation sites is 1. The number of rotatable bonds is 9.